The van der Waals surface area contributed by atoms with E-state index in [-0.39, 0.29) is 5.41 Å². The number of carbonyl (C=O) groups excluding carboxylic acids is 1. The Morgan fingerprint density at radius 3 is 3.06 bits per heavy atom. The average Bonchev–Trinajstić information content (AvgIpc) is 2.61. The molecule has 1 heterocycles. The Morgan fingerprint density at radius 2 is 2.28 bits per heavy atom. The van der Waals surface area contributed by atoms with Gasteiger partial charge in [-0.05, 0) is 43.4 Å². The first-order valence-corrected chi connectivity index (χ1v) is 6.59. The van der Waals surface area contributed by atoms with E-state index in [0.717, 1.165) is 37.0 Å². The van der Waals surface area contributed by atoms with Crippen molar-refractivity contribution >= 4 is 5.91 Å². The van der Waals surface area contributed by atoms with Crippen LogP contribution in [0.2, 0.25) is 0 Å². The van der Waals surface area contributed by atoms with Crippen molar-refractivity contribution in [3.05, 3.63) is 29.8 Å². The van der Waals surface area contributed by atoms with Gasteiger partial charge in [-0.3, -0.25) is 4.79 Å². The molecular weight excluding hydrogens is 226 g/mol. The van der Waals surface area contributed by atoms with Gasteiger partial charge in [0.05, 0.1) is 12.5 Å². The molecule has 3 rings (SSSR count). The summed E-state index contributed by atoms with van der Waals surface area (Å²) in [4.78, 5) is 14.5. The second-order valence-corrected chi connectivity index (χ2v) is 5.48. The number of ether oxygens (including phenoxy) is 1. The molecule has 2 bridgehead atoms. The van der Waals surface area contributed by atoms with E-state index >= 15 is 0 Å². The van der Waals surface area contributed by atoms with Gasteiger partial charge in [0.2, 0.25) is 5.91 Å². The van der Waals surface area contributed by atoms with E-state index in [1.807, 2.05) is 30.1 Å². The first kappa shape index (κ1) is 11.6. The molecule has 96 valence electrons. The molecule has 1 aromatic carbocycles. The lowest BCUT2D eigenvalue weighted by atomic mass is 9.70. The van der Waals surface area contributed by atoms with Gasteiger partial charge in [0, 0.05) is 13.1 Å². The van der Waals surface area contributed by atoms with Crippen molar-refractivity contribution in [2.24, 2.45) is 0 Å². The molecule has 1 aliphatic carbocycles. The highest BCUT2D eigenvalue weighted by atomic mass is 16.5. The quantitative estimate of drug-likeness (QED) is 0.800. The summed E-state index contributed by atoms with van der Waals surface area (Å²) in [6, 6.07) is 8.45. The standard InChI is InChI=1S/C15H19NO2/c1-16-12-6-4-8-15(10-12,14(16)17)11-5-3-7-13(9-11)18-2/h3,5,7,9,12H,4,6,8,10H2,1-2H3/t12-,15+/m0/s1. The van der Waals surface area contributed by atoms with Gasteiger partial charge in [0.25, 0.3) is 0 Å². The average molecular weight is 245 g/mol. The molecule has 2 aliphatic rings. The van der Waals surface area contributed by atoms with Crippen molar-refractivity contribution in [1.82, 2.24) is 4.90 Å². The largest absolute Gasteiger partial charge is 0.497 e. The number of likely N-dealkylation sites (tertiary alicyclic amines) is 1. The van der Waals surface area contributed by atoms with Crippen LogP contribution in [-0.2, 0) is 10.2 Å². The van der Waals surface area contributed by atoms with Crippen molar-refractivity contribution < 1.29 is 9.53 Å². The summed E-state index contributed by atoms with van der Waals surface area (Å²) < 4.78 is 5.29. The summed E-state index contributed by atoms with van der Waals surface area (Å²) in [5.41, 5.74) is 0.840. The minimum atomic E-state index is -0.286. The molecule has 2 fully saturated rings. The monoisotopic (exact) mass is 245 g/mol. The van der Waals surface area contributed by atoms with Gasteiger partial charge in [-0.15, -0.1) is 0 Å². The maximum absolute atomic E-state index is 12.6. The number of hydrogen-bond acceptors (Lipinski definition) is 2. The van der Waals surface area contributed by atoms with Crippen LogP contribution in [-0.4, -0.2) is 31.0 Å². The highest BCUT2D eigenvalue weighted by Crippen LogP contribution is 2.48. The summed E-state index contributed by atoms with van der Waals surface area (Å²) in [5, 5.41) is 0. The fraction of sp³-hybridized carbons (Fsp3) is 0.533. The van der Waals surface area contributed by atoms with E-state index in [1.165, 1.54) is 0 Å². The molecule has 1 aromatic rings. The van der Waals surface area contributed by atoms with E-state index in [2.05, 4.69) is 6.07 Å². The van der Waals surface area contributed by atoms with Crippen LogP contribution in [0, 0.1) is 0 Å². The SMILES string of the molecule is COc1cccc([C@@]23CCC[C@@H](C2)N(C)C3=O)c1. The third kappa shape index (κ3) is 1.46. The van der Waals surface area contributed by atoms with Crippen LogP contribution in [0.4, 0.5) is 0 Å². The third-order valence-electron chi connectivity index (χ3n) is 4.62. The predicted octanol–water partition coefficient (Wildman–Crippen LogP) is 2.35. The number of amides is 1. The molecule has 0 unspecified atom stereocenters. The molecule has 1 saturated heterocycles. The van der Waals surface area contributed by atoms with E-state index in [1.54, 1.807) is 7.11 Å². The lowest BCUT2D eigenvalue weighted by Crippen LogP contribution is -2.35. The van der Waals surface area contributed by atoms with Gasteiger partial charge in [0.1, 0.15) is 5.75 Å². The zero-order chi connectivity index (χ0) is 12.8. The molecule has 1 amide bonds. The fourth-order valence-electron chi connectivity index (χ4n) is 3.58. The zero-order valence-electron chi connectivity index (χ0n) is 11.0. The summed E-state index contributed by atoms with van der Waals surface area (Å²) in [6.45, 7) is 0. The van der Waals surface area contributed by atoms with E-state index < -0.39 is 0 Å². The molecule has 1 saturated carbocycles. The van der Waals surface area contributed by atoms with Gasteiger partial charge in [-0.1, -0.05) is 12.1 Å². The Morgan fingerprint density at radius 1 is 1.44 bits per heavy atom. The van der Waals surface area contributed by atoms with Crippen LogP contribution >= 0.6 is 0 Å². The van der Waals surface area contributed by atoms with Crippen molar-refractivity contribution in [2.45, 2.75) is 37.1 Å². The summed E-state index contributed by atoms with van der Waals surface area (Å²) in [5.74, 6) is 1.13. The molecule has 0 spiro atoms. The normalized spacial score (nSPS) is 30.7. The van der Waals surface area contributed by atoms with E-state index in [9.17, 15) is 4.79 Å². The van der Waals surface area contributed by atoms with Crippen LogP contribution in [0.3, 0.4) is 0 Å². The Hall–Kier alpha value is -1.51. The van der Waals surface area contributed by atoms with Gasteiger partial charge >= 0.3 is 0 Å². The van der Waals surface area contributed by atoms with Gasteiger partial charge in [-0.25, -0.2) is 0 Å². The van der Waals surface area contributed by atoms with Crippen LogP contribution < -0.4 is 4.74 Å². The van der Waals surface area contributed by atoms with Crippen LogP contribution in [0.5, 0.6) is 5.75 Å². The fourth-order valence-corrected chi connectivity index (χ4v) is 3.58. The topological polar surface area (TPSA) is 29.5 Å². The number of fused-ring (bicyclic) bond motifs is 2. The minimum Gasteiger partial charge on any atom is -0.497 e. The maximum Gasteiger partial charge on any atom is 0.233 e. The lowest BCUT2D eigenvalue weighted by molar-refractivity contribution is -0.131. The first-order valence-electron chi connectivity index (χ1n) is 6.59. The Labute approximate surface area is 108 Å². The van der Waals surface area contributed by atoms with Gasteiger partial charge in [0.15, 0.2) is 0 Å². The number of likely N-dealkylation sites (N-methyl/N-ethyl adjacent to an activating group) is 1. The van der Waals surface area contributed by atoms with Crippen molar-refractivity contribution in [3.8, 4) is 5.75 Å². The minimum absolute atomic E-state index is 0.286. The number of benzene rings is 1. The predicted molar refractivity (Wildman–Crippen MR) is 69.7 cm³/mol. The highest BCUT2D eigenvalue weighted by Gasteiger charge is 2.53. The second-order valence-electron chi connectivity index (χ2n) is 5.48. The van der Waals surface area contributed by atoms with Gasteiger partial charge < -0.3 is 9.64 Å². The molecule has 18 heavy (non-hydrogen) atoms. The first-order chi connectivity index (χ1) is 8.67. The highest BCUT2D eigenvalue weighted by molar-refractivity contribution is 5.91. The molecule has 3 heteroatoms. The summed E-state index contributed by atoms with van der Waals surface area (Å²) in [6.07, 6.45) is 4.22. The van der Waals surface area contributed by atoms with Crippen molar-refractivity contribution in [2.75, 3.05) is 14.2 Å². The lowest BCUT2D eigenvalue weighted by Gasteiger charge is -2.30. The molecule has 3 nitrogen and oxygen atoms in total. The second kappa shape index (κ2) is 4.01. The molecule has 0 aromatic heterocycles. The number of hydrogen-bond donors (Lipinski definition) is 0. The summed E-state index contributed by atoms with van der Waals surface area (Å²) >= 11 is 0. The third-order valence-corrected chi connectivity index (χ3v) is 4.62. The van der Waals surface area contributed by atoms with Crippen molar-refractivity contribution in [1.29, 1.82) is 0 Å². The Bertz CT molecular complexity index is 485. The Balaban J connectivity index is 2.06. The van der Waals surface area contributed by atoms with Crippen LogP contribution in [0.15, 0.2) is 24.3 Å². The number of carbonyl (C=O) groups is 1. The number of methoxy groups -OCH3 is 1. The smallest absolute Gasteiger partial charge is 0.233 e. The van der Waals surface area contributed by atoms with Crippen LogP contribution in [0.1, 0.15) is 31.2 Å². The molecule has 0 N–H and O–H groups in total. The zero-order valence-corrected chi connectivity index (χ0v) is 11.0. The summed E-state index contributed by atoms with van der Waals surface area (Å²) in [7, 11) is 3.61. The van der Waals surface area contributed by atoms with Crippen molar-refractivity contribution in [3.63, 3.8) is 0 Å². The maximum atomic E-state index is 12.6. The number of nitrogens with zero attached hydrogens (tertiary/aromatic N) is 1. The van der Waals surface area contributed by atoms with Gasteiger partial charge in [-0.2, -0.15) is 0 Å². The molecule has 1 aliphatic heterocycles. The van der Waals surface area contributed by atoms with E-state index in [0.29, 0.717) is 11.9 Å². The molecular formula is C15H19NO2. The molecule has 2 atom stereocenters. The Kier molecular flexibility index (Phi) is 2.58. The number of rotatable bonds is 2. The van der Waals surface area contributed by atoms with E-state index in [4.69, 9.17) is 4.74 Å². The molecule has 0 radical (unpaired) electrons. The van der Waals surface area contributed by atoms with Crippen LogP contribution in [0.25, 0.3) is 0 Å².